The van der Waals surface area contributed by atoms with Gasteiger partial charge < -0.3 is 28.8 Å². The summed E-state index contributed by atoms with van der Waals surface area (Å²) in [6, 6.07) is 6.41. The first-order valence-corrected chi connectivity index (χ1v) is 11.5. The number of rotatable bonds is 11. The van der Waals surface area contributed by atoms with Gasteiger partial charge in [0.1, 0.15) is 23.3 Å². The Morgan fingerprint density at radius 1 is 1.16 bits per heavy atom. The zero-order valence-electron chi connectivity index (χ0n) is 21.1. The number of nitrogens with one attached hydrogen (secondary N) is 1. The van der Waals surface area contributed by atoms with Gasteiger partial charge in [0.2, 0.25) is 5.88 Å². The van der Waals surface area contributed by atoms with Crippen LogP contribution in [-0.4, -0.2) is 68.2 Å². The number of esters is 1. The second-order valence-electron chi connectivity index (χ2n) is 7.89. The standard InChI is InChI=1S/C24H25N7O7/c1-5-35-24(33)21-28-23(38-30-21)18-11-26-20(12-25-18)37-17-9-15(8-16(10-17)36-14(2)13-34-4)22(32)27-19-6-7-31(3)29-19/h6-12,14H,5,13H2,1-4H3,(H,27,29,32)/t14-/m0/s1. The first-order chi connectivity index (χ1) is 18.3. The Kier molecular flexibility index (Phi) is 8.23. The predicted octanol–water partition coefficient (Wildman–Crippen LogP) is 2.90. The fourth-order valence-electron chi connectivity index (χ4n) is 3.21. The maximum Gasteiger partial charge on any atom is 0.379 e. The summed E-state index contributed by atoms with van der Waals surface area (Å²) in [5.41, 5.74) is 0.496. The molecule has 0 spiro atoms. The maximum absolute atomic E-state index is 12.9. The van der Waals surface area contributed by atoms with E-state index in [1.54, 1.807) is 50.2 Å². The Bertz CT molecular complexity index is 1400. The Morgan fingerprint density at radius 3 is 2.66 bits per heavy atom. The normalized spacial score (nSPS) is 11.6. The molecule has 0 saturated heterocycles. The van der Waals surface area contributed by atoms with Gasteiger partial charge in [0.15, 0.2) is 5.82 Å². The highest BCUT2D eigenvalue weighted by Crippen LogP contribution is 2.28. The molecule has 14 nitrogen and oxygen atoms in total. The van der Waals surface area contributed by atoms with Crippen LogP contribution in [-0.2, 0) is 16.5 Å². The van der Waals surface area contributed by atoms with E-state index in [4.69, 9.17) is 23.5 Å². The zero-order valence-corrected chi connectivity index (χ0v) is 21.1. The van der Waals surface area contributed by atoms with E-state index in [1.807, 2.05) is 6.92 Å². The number of aryl methyl sites for hydroxylation is 1. The van der Waals surface area contributed by atoms with Crippen LogP contribution in [0.15, 0.2) is 47.4 Å². The molecule has 0 aliphatic carbocycles. The topological polar surface area (TPSA) is 166 Å². The van der Waals surface area contributed by atoms with Gasteiger partial charge in [-0.2, -0.15) is 10.1 Å². The van der Waals surface area contributed by atoms with Crippen molar-refractivity contribution in [1.29, 1.82) is 0 Å². The summed E-state index contributed by atoms with van der Waals surface area (Å²) >= 11 is 0. The van der Waals surface area contributed by atoms with E-state index in [9.17, 15) is 9.59 Å². The quantitative estimate of drug-likeness (QED) is 0.286. The van der Waals surface area contributed by atoms with E-state index in [0.29, 0.717) is 18.2 Å². The third-order valence-corrected chi connectivity index (χ3v) is 4.79. The van der Waals surface area contributed by atoms with Crippen molar-refractivity contribution in [2.24, 2.45) is 7.05 Å². The lowest BCUT2D eigenvalue weighted by atomic mass is 10.2. The Balaban J connectivity index is 1.53. The van der Waals surface area contributed by atoms with Gasteiger partial charge in [0.05, 0.1) is 25.6 Å². The second-order valence-corrected chi connectivity index (χ2v) is 7.89. The number of aromatic nitrogens is 6. The van der Waals surface area contributed by atoms with Crippen LogP contribution in [0, 0.1) is 0 Å². The highest BCUT2D eigenvalue weighted by molar-refractivity contribution is 6.04. The fraction of sp³-hybridized carbons (Fsp3) is 0.292. The third-order valence-electron chi connectivity index (χ3n) is 4.79. The monoisotopic (exact) mass is 523 g/mol. The molecule has 0 aliphatic rings. The molecule has 0 aliphatic heterocycles. The molecule has 1 atom stereocenters. The molecule has 198 valence electrons. The summed E-state index contributed by atoms with van der Waals surface area (Å²) in [6.45, 7) is 4.03. The number of methoxy groups -OCH3 is 1. The van der Waals surface area contributed by atoms with Gasteiger partial charge in [-0.05, 0) is 31.1 Å². The Morgan fingerprint density at radius 2 is 1.97 bits per heavy atom. The molecule has 4 rings (SSSR count). The minimum atomic E-state index is -0.708. The van der Waals surface area contributed by atoms with Crippen LogP contribution >= 0.6 is 0 Å². The molecule has 0 radical (unpaired) electrons. The summed E-state index contributed by atoms with van der Waals surface area (Å²) in [5.74, 6) is -0.162. The van der Waals surface area contributed by atoms with Gasteiger partial charge in [0, 0.05) is 38.1 Å². The zero-order chi connectivity index (χ0) is 27.1. The second kappa shape index (κ2) is 11.9. The summed E-state index contributed by atoms with van der Waals surface area (Å²) in [6.07, 6.45) is 4.10. The van der Waals surface area contributed by atoms with Gasteiger partial charge in [-0.1, -0.05) is 0 Å². The van der Waals surface area contributed by atoms with Crippen molar-refractivity contribution in [2.45, 2.75) is 20.0 Å². The molecule has 1 N–H and O–H groups in total. The van der Waals surface area contributed by atoms with E-state index in [0.717, 1.165) is 0 Å². The summed E-state index contributed by atoms with van der Waals surface area (Å²) in [7, 11) is 3.32. The first-order valence-electron chi connectivity index (χ1n) is 11.5. The molecule has 3 heterocycles. The van der Waals surface area contributed by atoms with Crippen molar-refractivity contribution < 1.29 is 33.1 Å². The smallest absolute Gasteiger partial charge is 0.379 e. The van der Waals surface area contributed by atoms with Crippen molar-refractivity contribution in [3.05, 3.63) is 54.2 Å². The number of carbonyl (C=O) groups excluding carboxylic acids is 2. The van der Waals surface area contributed by atoms with E-state index in [1.165, 1.54) is 18.5 Å². The molecule has 0 fully saturated rings. The molecule has 1 amide bonds. The predicted molar refractivity (Wildman–Crippen MR) is 131 cm³/mol. The molecular formula is C24H25N7O7. The van der Waals surface area contributed by atoms with Crippen LogP contribution in [0.3, 0.4) is 0 Å². The number of hydrogen-bond acceptors (Lipinski definition) is 12. The lowest BCUT2D eigenvalue weighted by Gasteiger charge is -2.16. The fourth-order valence-corrected chi connectivity index (χ4v) is 3.21. The molecule has 1 aromatic carbocycles. The van der Waals surface area contributed by atoms with Gasteiger partial charge >= 0.3 is 5.97 Å². The molecule has 4 aromatic rings. The minimum Gasteiger partial charge on any atom is -0.488 e. The highest BCUT2D eigenvalue weighted by Gasteiger charge is 2.18. The lowest BCUT2D eigenvalue weighted by molar-refractivity contribution is 0.0508. The number of amides is 1. The van der Waals surface area contributed by atoms with Crippen molar-refractivity contribution in [3.63, 3.8) is 0 Å². The van der Waals surface area contributed by atoms with Crippen molar-refractivity contribution in [1.82, 2.24) is 29.9 Å². The highest BCUT2D eigenvalue weighted by atomic mass is 16.5. The molecule has 3 aromatic heterocycles. The molecule has 0 bridgehead atoms. The summed E-state index contributed by atoms with van der Waals surface area (Å²) in [4.78, 5) is 37.0. The molecule has 0 unspecified atom stereocenters. The summed E-state index contributed by atoms with van der Waals surface area (Å²) in [5, 5.41) is 10.5. The average Bonchev–Trinajstić information content (AvgIpc) is 3.54. The molecule has 14 heteroatoms. The molecule has 38 heavy (non-hydrogen) atoms. The molecule has 0 saturated carbocycles. The van der Waals surface area contributed by atoms with Crippen LogP contribution in [0.4, 0.5) is 5.82 Å². The van der Waals surface area contributed by atoms with E-state index >= 15 is 0 Å². The number of benzene rings is 1. The van der Waals surface area contributed by atoms with E-state index < -0.39 is 11.9 Å². The van der Waals surface area contributed by atoms with Crippen LogP contribution in [0.1, 0.15) is 34.8 Å². The maximum atomic E-state index is 12.9. The third kappa shape index (κ3) is 6.67. The number of hydrogen-bond donors (Lipinski definition) is 1. The SMILES string of the molecule is CCOC(=O)c1noc(-c2cnc(Oc3cc(O[C@@H](C)COC)cc(C(=O)Nc4ccn(C)n4)c3)cn2)n1. The van der Waals surface area contributed by atoms with E-state index in [2.05, 4.69) is 30.5 Å². The van der Waals surface area contributed by atoms with E-state index in [-0.39, 0.29) is 47.3 Å². The van der Waals surface area contributed by atoms with Gasteiger partial charge in [0.25, 0.3) is 17.6 Å². The largest absolute Gasteiger partial charge is 0.488 e. The van der Waals surface area contributed by atoms with Crippen LogP contribution in [0.2, 0.25) is 0 Å². The van der Waals surface area contributed by atoms with Crippen molar-refractivity contribution in [2.75, 3.05) is 25.6 Å². The molecular weight excluding hydrogens is 498 g/mol. The Hall–Kier alpha value is -4.85. The van der Waals surface area contributed by atoms with Gasteiger partial charge in [-0.3, -0.25) is 9.48 Å². The van der Waals surface area contributed by atoms with Crippen LogP contribution in [0.25, 0.3) is 11.6 Å². The lowest BCUT2D eigenvalue weighted by Crippen LogP contribution is -2.18. The van der Waals surface area contributed by atoms with Crippen molar-refractivity contribution in [3.8, 4) is 29.0 Å². The van der Waals surface area contributed by atoms with Crippen LogP contribution in [0.5, 0.6) is 17.4 Å². The minimum absolute atomic E-state index is 0.0110. The van der Waals surface area contributed by atoms with Crippen molar-refractivity contribution >= 4 is 17.7 Å². The number of nitrogens with zero attached hydrogens (tertiary/aromatic N) is 6. The van der Waals surface area contributed by atoms with Gasteiger partial charge in [-0.25, -0.2) is 14.8 Å². The van der Waals surface area contributed by atoms with Crippen LogP contribution < -0.4 is 14.8 Å². The number of carbonyl (C=O) groups is 2. The number of ether oxygens (including phenoxy) is 4. The first kappa shape index (κ1) is 26.2. The average molecular weight is 524 g/mol. The number of anilines is 1. The van der Waals surface area contributed by atoms with Gasteiger partial charge in [-0.15, -0.1) is 0 Å². The summed E-state index contributed by atoms with van der Waals surface area (Å²) < 4.78 is 28.3. The Labute approximate surface area is 216 Å².